The van der Waals surface area contributed by atoms with E-state index in [0.717, 1.165) is 47.8 Å². The van der Waals surface area contributed by atoms with Gasteiger partial charge in [-0.15, -0.1) is 0 Å². The molecule has 136 valence electrons. The van der Waals surface area contributed by atoms with Gasteiger partial charge in [-0.05, 0) is 42.7 Å². The molecule has 3 aromatic rings. The van der Waals surface area contributed by atoms with Crippen molar-refractivity contribution in [2.24, 2.45) is 0 Å². The molecule has 6 heteroatoms. The van der Waals surface area contributed by atoms with Crippen LogP contribution < -0.4 is 4.72 Å². The highest BCUT2D eigenvalue weighted by Gasteiger charge is 2.24. The summed E-state index contributed by atoms with van der Waals surface area (Å²) < 4.78 is 28.6. The predicted octanol–water partition coefficient (Wildman–Crippen LogP) is 5.10. The van der Waals surface area contributed by atoms with Crippen molar-refractivity contribution in [2.75, 3.05) is 0 Å². The van der Waals surface area contributed by atoms with Crippen LogP contribution in [0.2, 0.25) is 5.02 Å². The lowest BCUT2D eigenvalue weighted by Gasteiger charge is -2.23. The van der Waals surface area contributed by atoms with E-state index in [4.69, 9.17) is 11.6 Å². The summed E-state index contributed by atoms with van der Waals surface area (Å²) in [5.41, 5.74) is 2.69. The van der Waals surface area contributed by atoms with Crippen LogP contribution in [0.5, 0.6) is 0 Å². The lowest BCUT2D eigenvalue weighted by Crippen LogP contribution is -2.36. The number of hydrogen-bond acceptors (Lipinski definition) is 2. The topological polar surface area (TPSA) is 62.0 Å². The van der Waals surface area contributed by atoms with Crippen LogP contribution in [-0.2, 0) is 10.0 Å². The van der Waals surface area contributed by atoms with Crippen LogP contribution in [-0.4, -0.2) is 19.4 Å². The van der Waals surface area contributed by atoms with Crippen LogP contribution in [0.3, 0.4) is 0 Å². The van der Waals surface area contributed by atoms with Gasteiger partial charge in [-0.2, -0.15) is 0 Å². The zero-order valence-corrected chi connectivity index (χ0v) is 15.9. The number of benzene rings is 2. The maximum atomic E-state index is 12.9. The van der Waals surface area contributed by atoms with Gasteiger partial charge in [0, 0.05) is 22.6 Å². The second-order valence-electron chi connectivity index (χ2n) is 6.87. The largest absolute Gasteiger partial charge is 0.355 e. The number of sulfonamides is 1. The van der Waals surface area contributed by atoms with Crippen LogP contribution in [0, 0.1) is 0 Å². The Morgan fingerprint density at radius 2 is 1.77 bits per heavy atom. The maximum absolute atomic E-state index is 12.9. The lowest BCUT2D eigenvalue weighted by atomic mass is 9.96. The average molecular weight is 389 g/mol. The van der Waals surface area contributed by atoms with Gasteiger partial charge in [0.25, 0.3) is 0 Å². The molecule has 4 nitrogen and oxygen atoms in total. The SMILES string of the molecule is O=S(=O)(NC1CCCCC1)c1cc(-c2cc3ccccc3[nH]2)ccc1Cl. The molecule has 1 aliphatic carbocycles. The second-order valence-corrected chi connectivity index (χ2v) is 8.96. The van der Waals surface area contributed by atoms with E-state index in [1.807, 2.05) is 36.4 Å². The molecule has 0 atom stereocenters. The number of hydrogen-bond donors (Lipinski definition) is 2. The van der Waals surface area contributed by atoms with Crippen molar-refractivity contribution in [2.45, 2.75) is 43.0 Å². The molecule has 1 fully saturated rings. The molecule has 1 heterocycles. The Kier molecular flexibility index (Phi) is 4.78. The molecule has 0 radical (unpaired) electrons. The van der Waals surface area contributed by atoms with Crippen molar-refractivity contribution in [1.29, 1.82) is 0 Å². The number of aromatic nitrogens is 1. The van der Waals surface area contributed by atoms with Crippen LogP contribution >= 0.6 is 11.6 Å². The molecular weight excluding hydrogens is 368 g/mol. The third-order valence-corrected chi connectivity index (χ3v) is 6.99. The Labute approximate surface area is 158 Å². The minimum Gasteiger partial charge on any atom is -0.355 e. The van der Waals surface area contributed by atoms with E-state index in [0.29, 0.717) is 0 Å². The van der Waals surface area contributed by atoms with Gasteiger partial charge in [0.1, 0.15) is 4.90 Å². The molecule has 0 aliphatic heterocycles. The highest BCUT2D eigenvalue weighted by molar-refractivity contribution is 7.89. The van der Waals surface area contributed by atoms with Gasteiger partial charge in [0.05, 0.1) is 5.02 Å². The molecule has 0 amide bonds. The van der Waals surface area contributed by atoms with E-state index in [-0.39, 0.29) is 16.0 Å². The van der Waals surface area contributed by atoms with Gasteiger partial charge < -0.3 is 4.98 Å². The van der Waals surface area contributed by atoms with E-state index >= 15 is 0 Å². The second kappa shape index (κ2) is 7.06. The van der Waals surface area contributed by atoms with E-state index in [2.05, 4.69) is 9.71 Å². The van der Waals surface area contributed by atoms with Crippen LogP contribution in [0.1, 0.15) is 32.1 Å². The van der Waals surface area contributed by atoms with Crippen molar-refractivity contribution in [1.82, 2.24) is 9.71 Å². The minimum atomic E-state index is -3.65. The summed E-state index contributed by atoms with van der Waals surface area (Å²) in [7, 11) is -3.65. The maximum Gasteiger partial charge on any atom is 0.242 e. The smallest absolute Gasteiger partial charge is 0.242 e. The first-order valence-corrected chi connectivity index (χ1v) is 10.8. The Bertz CT molecular complexity index is 1000. The number of halogens is 1. The lowest BCUT2D eigenvalue weighted by molar-refractivity contribution is 0.412. The van der Waals surface area contributed by atoms with Crippen molar-refractivity contribution < 1.29 is 8.42 Å². The molecule has 2 aromatic carbocycles. The summed E-state index contributed by atoms with van der Waals surface area (Å²) in [5, 5.41) is 1.33. The van der Waals surface area contributed by atoms with Crippen molar-refractivity contribution in [3.8, 4) is 11.3 Å². The van der Waals surface area contributed by atoms with Crippen LogP contribution in [0.15, 0.2) is 53.4 Å². The molecule has 1 aromatic heterocycles. The molecule has 0 unspecified atom stereocenters. The molecule has 26 heavy (non-hydrogen) atoms. The van der Waals surface area contributed by atoms with Crippen LogP contribution in [0.4, 0.5) is 0 Å². The van der Waals surface area contributed by atoms with Gasteiger partial charge in [-0.3, -0.25) is 0 Å². The van der Waals surface area contributed by atoms with E-state index in [1.165, 1.54) is 6.42 Å². The zero-order valence-electron chi connectivity index (χ0n) is 14.3. The molecule has 0 saturated heterocycles. The highest BCUT2D eigenvalue weighted by Crippen LogP contribution is 2.30. The van der Waals surface area contributed by atoms with E-state index in [1.54, 1.807) is 12.1 Å². The quantitative estimate of drug-likeness (QED) is 0.653. The van der Waals surface area contributed by atoms with Gasteiger partial charge in [0.2, 0.25) is 10.0 Å². The number of fused-ring (bicyclic) bond motifs is 1. The monoisotopic (exact) mass is 388 g/mol. The zero-order chi connectivity index (χ0) is 18.1. The fraction of sp³-hybridized carbons (Fsp3) is 0.300. The van der Waals surface area contributed by atoms with Gasteiger partial charge in [-0.25, -0.2) is 13.1 Å². The Balaban J connectivity index is 1.69. The summed E-state index contributed by atoms with van der Waals surface area (Å²) >= 11 is 6.24. The first kappa shape index (κ1) is 17.6. The summed E-state index contributed by atoms with van der Waals surface area (Å²) in [6.07, 6.45) is 5.08. The minimum absolute atomic E-state index is 0.00143. The third-order valence-electron chi connectivity index (χ3n) is 4.99. The van der Waals surface area contributed by atoms with Gasteiger partial charge in [0.15, 0.2) is 0 Å². The van der Waals surface area contributed by atoms with Gasteiger partial charge >= 0.3 is 0 Å². The summed E-state index contributed by atoms with van der Waals surface area (Å²) in [6.45, 7) is 0. The molecule has 2 N–H and O–H groups in total. The van der Waals surface area contributed by atoms with Crippen LogP contribution in [0.25, 0.3) is 22.2 Å². The third kappa shape index (κ3) is 3.52. The standard InChI is InChI=1S/C20H21ClN2O2S/c21-17-11-10-15(19-12-14-6-4-5-9-18(14)22-19)13-20(17)26(24,25)23-16-7-2-1-3-8-16/h4-6,9-13,16,22-23H,1-3,7-8H2. The predicted molar refractivity (Wildman–Crippen MR) is 106 cm³/mol. The Morgan fingerprint density at radius 1 is 1.00 bits per heavy atom. The molecule has 1 saturated carbocycles. The summed E-state index contributed by atoms with van der Waals surface area (Å²) in [5.74, 6) is 0. The molecule has 0 spiro atoms. The Morgan fingerprint density at radius 3 is 2.54 bits per heavy atom. The first-order valence-electron chi connectivity index (χ1n) is 8.93. The van der Waals surface area contributed by atoms with Crippen molar-refractivity contribution in [3.63, 3.8) is 0 Å². The fourth-order valence-electron chi connectivity index (χ4n) is 3.61. The van der Waals surface area contributed by atoms with Gasteiger partial charge in [-0.1, -0.05) is 55.1 Å². The Hall–Kier alpha value is -1.82. The van der Waals surface area contributed by atoms with E-state index < -0.39 is 10.0 Å². The number of para-hydroxylation sites is 1. The number of H-pyrrole nitrogens is 1. The summed E-state index contributed by atoms with van der Waals surface area (Å²) in [6, 6.07) is 15.1. The number of nitrogens with one attached hydrogen (secondary N) is 2. The fourth-order valence-corrected chi connectivity index (χ4v) is 5.44. The molecular formula is C20H21ClN2O2S. The first-order chi connectivity index (χ1) is 12.5. The van der Waals surface area contributed by atoms with E-state index in [9.17, 15) is 8.42 Å². The highest BCUT2D eigenvalue weighted by atomic mass is 35.5. The normalized spacial score (nSPS) is 16.2. The molecule has 0 bridgehead atoms. The number of rotatable bonds is 4. The molecule has 4 rings (SSSR count). The average Bonchev–Trinajstić information content (AvgIpc) is 3.06. The summed E-state index contributed by atoms with van der Waals surface area (Å²) in [4.78, 5) is 3.47. The van der Waals surface area contributed by atoms with Crippen molar-refractivity contribution in [3.05, 3.63) is 53.6 Å². The molecule has 1 aliphatic rings. The van der Waals surface area contributed by atoms with Crippen molar-refractivity contribution >= 4 is 32.5 Å². The number of aromatic amines is 1.